The second kappa shape index (κ2) is 7.31. The first kappa shape index (κ1) is 14.0. The number of carbonyl (C=O) groups excluding carboxylic acids is 1. The maximum absolute atomic E-state index is 11.7. The normalized spacial score (nSPS) is 10.1. The molecule has 1 rings (SSSR count). The molecule has 0 aromatic carbocycles. The number of amides is 2. The first-order chi connectivity index (χ1) is 8.63. The molecule has 1 heterocycles. The van der Waals surface area contributed by atoms with E-state index in [1.54, 1.807) is 12.4 Å². The molecule has 1 aromatic rings. The highest BCUT2D eigenvalue weighted by Gasteiger charge is 2.15. The third-order valence-corrected chi connectivity index (χ3v) is 2.30. The van der Waals surface area contributed by atoms with Crippen molar-refractivity contribution in [3.8, 4) is 0 Å². The predicted octanol–water partition coefficient (Wildman–Crippen LogP) is 0.458. The minimum atomic E-state index is -1.01. The number of urea groups is 1. The van der Waals surface area contributed by atoms with Crippen LogP contribution in [0.5, 0.6) is 0 Å². The highest BCUT2D eigenvalue weighted by atomic mass is 16.4. The number of carboxylic acid groups (broad SMARTS) is 1. The molecule has 0 aliphatic heterocycles. The van der Waals surface area contributed by atoms with Gasteiger partial charge in [-0.1, -0.05) is 6.92 Å². The van der Waals surface area contributed by atoms with Crippen LogP contribution in [0.25, 0.3) is 0 Å². The van der Waals surface area contributed by atoms with Crippen LogP contribution in [-0.2, 0) is 11.2 Å². The van der Waals surface area contributed by atoms with Gasteiger partial charge < -0.3 is 20.3 Å². The van der Waals surface area contributed by atoms with Crippen LogP contribution < -0.4 is 5.32 Å². The van der Waals surface area contributed by atoms with Crippen LogP contribution in [0.15, 0.2) is 12.4 Å². The number of rotatable bonds is 7. The molecule has 0 bridgehead atoms. The number of carboxylic acids is 1. The van der Waals surface area contributed by atoms with E-state index >= 15 is 0 Å². The molecule has 0 unspecified atom stereocenters. The minimum Gasteiger partial charge on any atom is -0.480 e. The SMILES string of the molecule is CCCN(CC(=O)O)C(=O)NCCc1ncc[nH]1. The smallest absolute Gasteiger partial charge is 0.323 e. The Morgan fingerprint density at radius 1 is 1.56 bits per heavy atom. The van der Waals surface area contributed by atoms with E-state index in [0.717, 1.165) is 12.2 Å². The summed E-state index contributed by atoms with van der Waals surface area (Å²) in [6.45, 7) is 2.47. The van der Waals surface area contributed by atoms with Crippen LogP contribution in [0.1, 0.15) is 19.2 Å². The van der Waals surface area contributed by atoms with Gasteiger partial charge in [0.25, 0.3) is 0 Å². The zero-order valence-electron chi connectivity index (χ0n) is 10.3. The lowest BCUT2D eigenvalue weighted by molar-refractivity contribution is -0.137. The molecule has 100 valence electrons. The van der Waals surface area contributed by atoms with E-state index in [9.17, 15) is 9.59 Å². The fourth-order valence-corrected chi connectivity index (χ4v) is 1.52. The van der Waals surface area contributed by atoms with Gasteiger partial charge in [-0.2, -0.15) is 0 Å². The van der Waals surface area contributed by atoms with Gasteiger partial charge in [0, 0.05) is 31.9 Å². The van der Waals surface area contributed by atoms with Crippen molar-refractivity contribution >= 4 is 12.0 Å². The molecule has 18 heavy (non-hydrogen) atoms. The largest absolute Gasteiger partial charge is 0.480 e. The lowest BCUT2D eigenvalue weighted by Crippen LogP contribution is -2.43. The number of nitrogens with one attached hydrogen (secondary N) is 2. The lowest BCUT2D eigenvalue weighted by atomic mass is 10.4. The Hall–Kier alpha value is -2.05. The molecule has 1 aromatic heterocycles. The summed E-state index contributed by atoms with van der Waals surface area (Å²) < 4.78 is 0. The Morgan fingerprint density at radius 2 is 2.33 bits per heavy atom. The summed E-state index contributed by atoms with van der Waals surface area (Å²) in [6, 6.07) is -0.356. The molecule has 0 saturated carbocycles. The molecule has 0 fully saturated rings. The number of H-pyrrole nitrogens is 1. The Balaban J connectivity index is 2.34. The van der Waals surface area contributed by atoms with Crippen LogP contribution in [0, 0.1) is 0 Å². The number of hydrogen-bond donors (Lipinski definition) is 3. The fraction of sp³-hybridized carbons (Fsp3) is 0.545. The Kier molecular flexibility index (Phi) is 5.69. The maximum Gasteiger partial charge on any atom is 0.323 e. The van der Waals surface area contributed by atoms with Gasteiger partial charge in [0.2, 0.25) is 0 Å². The van der Waals surface area contributed by atoms with E-state index < -0.39 is 5.97 Å². The number of aromatic amines is 1. The molecular weight excluding hydrogens is 236 g/mol. The van der Waals surface area contributed by atoms with Gasteiger partial charge in [0.1, 0.15) is 12.4 Å². The van der Waals surface area contributed by atoms with Crippen LogP contribution in [0.3, 0.4) is 0 Å². The molecule has 0 aliphatic rings. The summed E-state index contributed by atoms with van der Waals surface area (Å²) in [7, 11) is 0. The number of aromatic nitrogens is 2. The molecule has 0 aliphatic carbocycles. The standard InChI is InChI=1S/C11H18N4O3/c1-2-7-15(8-10(16)17)11(18)14-4-3-9-12-5-6-13-9/h5-6H,2-4,7-8H2,1H3,(H,12,13)(H,14,18)(H,16,17). The van der Waals surface area contributed by atoms with Crippen molar-refractivity contribution in [3.63, 3.8) is 0 Å². The Labute approximate surface area is 105 Å². The van der Waals surface area contributed by atoms with Crippen molar-refractivity contribution in [2.45, 2.75) is 19.8 Å². The zero-order valence-corrected chi connectivity index (χ0v) is 10.3. The van der Waals surface area contributed by atoms with Crippen molar-refractivity contribution in [2.24, 2.45) is 0 Å². The number of hydrogen-bond acceptors (Lipinski definition) is 3. The van der Waals surface area contributed by atoms with Crippen LogP contribution in [0.2, 0.25) is 0 Å². The lowest BCUT2D eigenvalue weighted by Gasteiger charge is -2.20. The van der Waals surface area contributed by atoms with Crippen molar-refractivity contribution in [2.75, 3.05) is 19.6 Å². The van der Waals surface area contributed by atoms with Gasteiger partial charge in [0.15, 0.2) is 0 Å². The van der Waals surface area contributed by atoms with Crippen molar-refractivity contribution in [1.29, 1.82) is 0 Å². The first-order valence-electron chi connectivity index (χ1n) is 5.86. The van der Waals surface area contributed by atoms with E-state index in [0.29, 0.717) is 19.5 Å². The molecular formula is C11H18N4O3. The van der Waals surface area contributed by atoms with Crippen LogP contribution in [0.4, 0.5) is 4.79 Å². The number of aliphatic carboxylic acids is 1. The minimum absolute atomic E-state index is 0.277. The van der Waals surface area contributed by atoms with E-state index in [4.69, 9.17) is 5.11 Å². The van der Waals surface area contributed by atoms with E-state index in [-0.39, 0.29) is 12.6 Å². The third kappa shape index (κ3) is 4.86. The number of carbonyl (C=O) groups is 2. The highest BCUT2D eigenvalue weighted by molar-refractivity contribution is 5.80. The first-order valence-corrected chi connectivity index (χ1v) is 5.86. The monoisotopic (exact) mass is 254 g/mol. The molecule has 0 spiro atoms. The average Bonchev–Trinajstić information content (AvgIpc) is 2.81. The van der Waals surface area contributed by atoms with Gasteiger partial charge in [-0.05, 0) is 6.42 Å². The van der Waals surface area contributed by atoms with E-state index in [1.165, 1.54) is 4.90 Å². The van der Waals surface area contributed by atoms with Crippen molar-refractivity contribution in [3.05, 3.63) is 18.2 Å². The van der Waals surface area contributed by atoms with Gasteiger partial charge >= 0.3 is 12.0 Å². The summed E-state index contributed by atoms with van der Waals surface area (Å²) >= 11 is 0. The summed E-state index contributed by atoms with van der Waals surface area (Å²) in [5.74, 6) is -0.222. The molecule has 0 radical (unpaired) electrons. The molecule has 7 nitrogen and oxygen atoms in total. The van der Waals surface area contributed by atoms with Crippen LogP contribution >= 0.6 is 0 Å². The third-order valence-electron chi connectivity index (χ3n) is 2.30. The average molecular weight is 254 g/mol. The van der Waals surface area contributed by atoms with Gasteiger partial charge in [-0.3, -0.25) is 4.79 Å². The summed E-state index contributed by atoms with van der Waals surface area (Å²) in [6.07, 6.45) is 4.67. The molecule has 0 atom stereocenters. The van der Waals surface area contributed by atoms with Gasteiger partial charge in [-0.15, -0.1) is 0 Å². The quantitative estimate of drug-likeness (QED) is 0.658. The van der Waals surface area contributed by atoms with Gasteiger partial charge in [0.05, 0.1) is 0 Å². The molecule has 7 heteroatoms. The fourth-order valence-electron chi connectivity index (χ4n) is 1.52. The highest BCUT2D eigenvalue weighted by Crippen LogP contribution is 1.94. The maximum atomic E-state index is 11.7. The van der Waals surface area contributed by atoms with Crippen molar-refractivity contribution in [1.82, 2.24) is 20.2 Å². The summed E-state index contributed by atoms with van der Waals surface area (Å²) in [5.41, 5.74) is 0. The number of nitrogens with zero attached hydrogens (tertiary/aromatic N) is 2. The van der Waals surface area contributed by atoms with E-state index in [2.05, 4.69) is 15.3 Å². The summed E-state index contributed by atoms with van der Waals surface area (Å²) in [4.78, 5) is 30.6. The summed E-state index contributed by atoms with van der Waals surface area (Å²) in [5, 5.41) is 11.4. The zero-order chi connectivity index (χ0) is 13.4. The molecule has 3 N–H and O–H groups in total. The molecule has 0 saturated heterocycles. The Morgan fingerprint density at radius 3 is 2.89 bits per heavy atom. The van der Waals surface area contributed by atoms with Crippen molar-refractivity contribution < 1.29 is 14.7 Å². The molecule has 2 amide bonds. The Bertz CT molecular complexity index is 378. The van der Waals surface area contributed by atoms with E-state index in [1.807, 2.05) is 6.92 Å². The predicted molar refractivity (Wildman–Crippen MR) is 65.2 cm³/mol. The number of imidazole rings is 1. The second-order valence-corrected chi connectivity index (χ2v) is 3.83. The van der Waals surface area contributed by atoms with Crippen LogP contribution in [-0.4, -0.2) is 51.6 Å². The topological polar surface area (TPSA) is 98.3 Å². The second-order valence-electron chi connectivity index (χ2n) is 3.83. The van der Waals surface area contributed by atoms with Gasteiger partial charge in [-0.25, -0.2) is 9.78 Å².